The van der Waals surface area contributed by atoms with Gasteiger partial charge >= 0.3 is 0 Å². The molecule has 1 aliphatic heterocycles. The van der Waals surface area contributed by atoms with Crippen LogP contribution in [0.3, 0.4) is 0 Å². The van der Waals surface area contributed by atoms with Crippen molar-refractivity contribution in [1.29, 1.82) is 0 Å². The molecule has 27 heavy (non-hydrogen) atoms. The summed E-state index contributed by atoms with van der Waals surface area (Å²) in [5, 5.41) is 0. The number of hydrogen-bond donors (Lipinski definition) is 0. The highest BCUT2D eigenvalue weighted by Gasteiger charge is 2.11. The van der Waals surface area contributed by atoms with Crippen molar-refractivity contribution in [3.8, 4) is 17.2 Å². The maximum Gasteiger partial charge on any atom is 0.246 e. The third-order valence-electron chi connectivity index (χ3n) is 4.07. The minimum atomic E-state index is -0.0723. The smallest absolute Gasteiger partial charge is 0.246 e. The van der Waals surface area contributed by atoms with E-state index < -0.39 is 0 Å². The van der Waals surface area contributed by atoms with E-state index in [0.29, 0.717) is 32.1 Å². The van der Waals surface area contributed by atoms with Gasteiger partial charge in [-0.2, -0.15) is 0 Å². The molecule has 0 saturated carbocycles. The Hall–Kier alpha value is -3.21. The molecule has 3 rings (SSSR count). The van der Waals surface area contributed by atoms with E-state index in [-0.39, 0.29) is 5.91 Å². The standard InChI is InChI=1S/C22H23NO4/c1-3-12-25-19-8-4-18(5-9-19)16-23(2)22(24)11-7-17-6-10-20-21(15-17)27-14-13-26-20/h3-11,15H,1,12-14,16H2,2H3/b11-7+. The summed E-state index contributed by atoms with van der Waals surface area (Å²) in [5.74, 6) is 2.16. The highest BCUT2D eigenvalue weighted by Crippen LogP contribution is 2.31. The van der Waals surface area contributed by atoms with Gasteiger partial charge in [0.2, 0.25) is 5.91 Å². The molecular formula is C22H23NO4. The van der Waals surface area contributed by atoms with Crippen LogP contribution in [0, 0.1) is 0 Å². The third kappa shape index (κ3) is 5.14. The first-order valence-corrected chi connectivity index (χ1v) is 8.81. The fourth-order valence-corrected chi connectivity index (χ4v) is 2.66. The van der Waals surface area contributed by atoms with Gasteiger partial charge < -0.3 is 19.1 Å². The van der Waals surface area contributed by atoms with Crippen molar-refractivity contribution in [3.05, 3.63) is 72.3 Å². The molecule has 0 aromatic heterocycles. The van der Waals surface area contributed by atoms with Gasteiger partial charge in [0.15, 0.2) is 11.5 Å². The summed E-state index contributed by atoms with van der Waals surface area (Å²) in [6, 6.07) is 13.3. The first kappa shape index (κ1) is 18.6. The maximum absolute atomic E-state index is 12.4. The molecule has 2 aromatic carbocycles. The van der Waals surface area contributed by atoms with Crippen LogP contribution in [0.4, 0.5) is 0 Å². The molecule has 5 nitrogen and oxygen atoms in total. The van der Waals surface area contributed by atoms with Crippen LogP contribution in [-0.2, 0) is 11.3 Å². The Balaban J connectivity index is 1.57. The average molecular weight is 365 g/mol. The van der Waals surface area contributed by atoms with E-state index in [1.807, 2.05) is 42.5 Å². The number of benzene rings is 2. The Morgan fingerprint density at radius 3 is 2.63 bits per heavy atom. The Morgan fingerprint density at radius 2 is 1.89 bits per heavy atom. The fraction of sp³-hybridized carbons (Fsp3) is 0.227. The van der Waals surface area contributed by atoms with Gasteiger partial charge in [0.25, 0.3) is 0 Å². The van der Waals surface area contributed by atoms with Crippen LogP contribution >= 0.6 is 0 Å². The quantitative estimate of drug-likeness (QED) is 0.555. The highest BCUT2D eigenvalue weighted by molar-refractivity contribution is 5.91. The zero-order valence-electron chi connectivity index (χ0n) is 15.4. The lowest BCUT2D eigenvalue weighted by Gasteiger charge is -2.18. The van der Waals surface area contributed by atoms with Crippen LogP contribution in [0.2, 0.25) is 0 Å². The largest absolute Gasteiger partial charge is 0.490 e. The molecule has 0 aliphatic carbocycles. The maximum atomic E-state index is 12.4. The molecule has 1 amide bonds. The van der Waals surface area contributed by atoms with E-state index in [2.05, 4.69) is 6.58 Å². The number of rotatable bonds is 7. The van der Waals surface area contributed by atoms with Crippen molar-refractivity contribution in [3.63, 3.8) is 0 Å². The van der Waals surface area contributed by atoms with Crippen molar-refractivity contribution < 1.29 is 19.0 Å². The first-order valence-electron chi connectivity index (χ1n) is 8.81. The van der Waals surface area contributed by atoms with Crippen molar-refractivity contribution in [2.75, 3.05) is 26.9 Å². The van der Waals surface area contributed by atoms with Crippen molar-refractivity contribution in [2.24, 2.45) is 0 Å². The van der Waals surface area contributed by atoms with E-state index in [1.165, 1.54) is 0 Å². The zero-order valence-corrected chi connectivity index (χ0v) is 15.4. The van der Waals surface area contributed by atoms with Gasteiger partial charge in [-0.3, -0.25) is 4.79 Å². The van der Waals surface area contributed by atoms with E-state index in [9.17, 15) is 4.79 Å². The highest BCUT2D eigenvalue weighted by atomic mass is 16.6. The fourth-order valence-electron chi connectivity index (χ4n) is 2.66. The SMILES string of the molecule is C=CCOc1ccc(CN(C)C(=O)/C=C/c2ccc3c(c2)OCCO3)cc1. The number of fused-ring (bicyclic) bond motifs is 1. The van der Waals surface area contributed by atoms with Crippen molar-refractivity contribution in [2.45, 2.75) is 6.54 Å². The van der Waals surface area contributed by atoms with Gasteiger partial charge in [0, 0.05) is 19.7 Å². The predicted octanol–water partition coefficient (Wildman–Crippen LogP) is 3.69. The summed E-state index contributed by atoms with van der Waals surface area (Å²) in [6.07, 6.45) is 5.05. The Morgan fingerprint density at radius 1 is 1.15 bits per heavy atom. The van der Waals surface area contributed by atoms with Crippen LogP contribution in [0.1, 0.15) is 11.1 Å². The lowest BCUT2D eigenvalue weighted by molar-refractivity contribution is -0.125. The van der Waals surface area contributed by atoms with Crippen molar-refractivity contribution >= 4 is 12.0 Å². The first-order chi connectivity index (χ1) is 13.2. The van der Waals surface area contributed by atoms with Gasteiger partial charge in [-0.25, -0.2) is 0 Å². The second-order valence-electron chi connectivity index (χ2n) is 6.17. The van der Waals surface area contributed by atoms with E-state index in [0.717, 1.165) is 22.6 Å². The molecule has 1 heterocycles. The summed E-state index contributed by atoms with van der Waals surface area (Å²) in [7, 11) is 1.78. The van der Waals surface area contributed by atoms with Gasteiger partial charge in [-0.15, -0.1) is 0 Å². The van der Waals surface area contributed by atoms with Gasteiger partial charge in [-0.05, 0) is 41.5 Å². The zero-order chi connectivity index (χ0) is 19.1. The van der Waals surface area contributed by atoms with Crippen LogP contribution in [0.15, 0.2) is 61.2 Å². The molecule has 140 valence electrons. The summed E-state index contributed by atoms with van der Waals surface area (Å²) < 4.78 is 16.5. The number of nitrogens with zero attached hydrogens (tertiary/aromatic N) is 1. The summed E-state index contributed by atoms with van der Waals surface area (Å²) >= 11 is 0. The molecule has 0 atom stereocenters. The summed E-state index contributed by atoms with van der Waals surface area (Å²) in [6.45, 7) is 5.72. The van der Waals surface area contributed by atoms with Gasteiger partial charge in [0.05, 0.1) is 0 Å². The van der Waals surface area contributed by atoms with Crippen LogP contribution in [-0.4, -0.2) is 37.7 Å². The minimum Gasteiger partial charge on any atom is -0.490 e. The number of likely N-dealkylation sites (N-methyl/N-ethyl adjacent to an activating group) is 1. The average Bonchev–Trinajstić information content (AvgIpc) is 2.71. The predicted molar refractivity (Wildman–Crippen MR) is 105 cm³/mol. The second kappa shape index (κ2) is 8.94. The molecule has 0 fully saturated rings. The van der Waals surface area contributed by atoms with Gasteiger partial charge in [-0.1, -0.05) is 30.9 Å². The molecule has 5 heteroatoms. The normalized spacial score (nSPS) is 12.6. The third-order valence-corrected chi connectivity index (χ3v) is 4.07. The molecule has 0 bridgehead atoms. The van der Waals surface area contributed by atoms with E-state index >= 15 is 0 Å². The lowest BCUT2D eigenvalue weighted by Crippen LogP contribution is -2.24. The Kier molecular flexibility index (Phi) is 6.15. The number of amides is 1. The number of hydrogen-bond acceptors (Lipinski definition) is 4. The second-order valence-corrected chi connectivity index (χ2v) is 6.17. The van der Waals surface area contributed by atoms with E-state index in [1.54, 1.807) is 30.2 Å². The summed E-state index contributed by atoms with van der Waals surface area (Å²) in [5.41, 5.74) is 1.93. The molecule has 0 unspecified atom stereocenters. The van der Waals surface area contributed by atoms with E-state index in [4.69, 9.17) is 14.2 Å². The Bertz CT molecular complexity index is 827. The molecular weight excluding hydrogens is 342 g/mol. The van der Waals surface area contributed by atoms with Crippen molar-refractivity contribution in [1.82, 2.24) is 4.90 Å². The molecule has 0 spiro atoms. The Labute approximate surface area is 159 Å². The topological polar surface area (TPSA) is 48.0 Å². The molecule has 0 N–H and O–H groups in total. The number of carbonyl (C=O) groups is 1. The molecule has 0 radical (unpaired) electrons. The minimum absolute atomic E-state index is 0.0723. The number of carbonyl (C=O) groups excluding carboxylic acids is 1. The monoisotopic (exact) mass is 365 g/mol. The molecule has 1 aliphatic rings. The van der Waals surface area contributed by atoms with Gasteiger partial charge in [0.1, 0.15) is 25.6 Å². The lowest BCUT2D eigenvalue weighted by atomic mass is 10.1. The molecule has 2 aromatic rings. The van der Waals surface area contributed by atoms with Crippen LogP contribution < -0.4 is 14.2 Å². The number of ether oxygens (including phenoxy) is 3. The van der Waals surface area contributed by atoms with Crippen LogP contribution in [0.5, 0.6) is 17.2 Å². The van der Waals surface area contributed by atoms with Crippen LogP contribution in [0.25, 0.3) is 6.08 Å². The summed E-state index contributed by atoms with van der Waals surface area (Å²) in [4.78, 5) is 14.0. The molecule has 0 saturated heterocycles.